The number of esters is 1. The van der Waals surface area contributed by atoms with Crippen LogP contribution in [0, 0.1) is 0 Å². The highest BCUT2D eigenvalue weighted by atomic mass is 16.5. The molecule has 0 aliphatic heterocycles. The van der Waals surface area contributed by atoms with Crippen LogP contribution in [-0.4, -0.2) is 24.3 Å². The maximum absolute atomic E-state index is 11.9. The predicted molar refractivity (Wildman–Crippen MR) is 59.0 cm³/mol. The second-order valence-electron chi connectivity index (χ2n) is 3.82. The van der Waals surface area contributed by atoms with Crippen LogP contribution in [0.2, 0.25) is 0 Å². The Labute approximate surface area is 97.5 Å². The maximum atomic E-state index is 11.9. The number of carbonyl (C=O) groups is 1. The van der Waals surface area contributed by atoms with E-state index in [2.05, 4.69) is 14.8 Å². The van der Waals surface area contributed by atoms with E-state index in [1.165, 1.54) is 7.11 Å². The van der Waals surface area contributed by atoms with Crippen molar-refractivity contribution in [2.75, 3.05) is 7.11 Å². The fraction of sp³-hybridized carbons (Fsp3) is 0.364. The lowest BCUT2D eigenvalue weighted by Gasteiger charge is -2.25. The summed E-state index contributed by atoms with van der Waals surface area (Å²) in [6.45, 7) is 0. The average Bonchev–Trinajstić information content (AvgIpc) is 2.63. The Morgan fingerprint density at radius 2 is 2.35 bits per heavy atom. The lowest BCUT2D eigenvalue weighted by atomic mass is 9.91. The van der Waals surface area contributed by atoms with Crippen LogP contribution < -0.4 is 0 Å². The van der Waals surface area contributed by atoms with E-state index in [4.69, 9.17) is 5.53 Å². The molecule has 0 amide bonds. The minimum atomic E-state index is -1.65. The number of carbonyl (C=O) groups excluding carboxylic acids is 1. The summed E-state index contributed by atoms with van der Waals surface area (Å²) in [5.74, 6) is -0.743. The van der Waals surface area contributed by atoms with Gasteiger partial charge in [0.1, 0.15) is 0 Å². The minimum absolute atomic E-state index is 0.268. The van der Waals surface area contributed by atoms with Gasteiger partial charge in [-0.25, -0.2) is 0 Å². The van der Waals surface area contributed by atoms with E-state index in [-0.39, 0.29) is 6.42 Å². The Hall–Kier alpha value is -2.04. The fourth-order valence-electron chi connectivity index (χ4n) is 2.24. The molecule has 0 saturated carbocycles. The first-order valence-corrected chi connectivity index (χ1v) is 5.08. The average molecular weight is 233 g/mol. The molecule has 0 saturated heterocycles. The van der Waals surface area contributed by atoms with Crippen molar-refractivity contribution in [1.82, 2.24) is 0 Å². The number of aliphatic hydroxyl groups is 1. The summed E-state index contributed by atoms with van der Waals surface area (Å²) in [7, 11) is 1.20. The molecule has 88 valence electrons. The number of aliphatic hydroxyl groups excluding tert-OH is 1. The van der Waals surface area contributed by atoms with Crippen LogP contribution in [-0.2, 0) is 21.5 Å². The van der Waals surface area contributed by atoms with E-state index < -0.39 is 17.6 Å². The molecule has 2 unspecified atom stereocenters. The predicted octanol–water partition coefficient (Wildman–Crippen LogP) is 1.28. The summed E-state index contributed by atoms with van der Waals surface area (Å²) in [4.78, 5) is 14.5. The Bertz CT molecular complexity index is 510. The minimum Gasteiger partial charge on any atom is -0.468 e. The summed E-state index contributed by atoms with van der Waals surface area (Å²) in [5.41, 5.74) is 8.27. The first kappa shape index (κ1) is 11.4. The van der Waals surface area contributed by atoms with Gasteiger partial charge in [-0.15, -0.1) is 0 Å². The Kier molecular flexibility index (Phi) is 2.75. The van der Waals surface area contributed by atoms with Crippen molar-refractivity contribution in [2.24, 2.45) is 5.11 Å². The molecule has 1 aromatic rings. The first-order chi connectivity index (χ1) is 8.16. The summed E-state index contributed by atoms with van der Waals surface area (Å²) < 4.78 is 4.65. The van der Waals surface area contributed by atoms with Crippen LogP contribution in [0.3, 0.4) is 0 Å². The molecular formula is C11H11N3O3. The Balaban J connectivity index is 2.68. The normalized spacial score (nSPS) is 25.9. The van der Waals surface area contributed by atoms with Gasteiger partial charge < -0.3 is 9.84 Å². The van der Waals surface area contributed by atoms with E-state index in [1.807, 2.05) is 0 Å². The van der Waals surface area contributed by atoms with Crippen molar-refractivity contribution < 1.29 is 14.6 Å². The van der Waals surface area contributed by atoms with E-state index in [0.29, 0.717) is 5.56 Å². The molecule has 0 heterocycles. The van der Waals surface area contributed by atoms with Crippen molar-refractivity contribution >= 4 is 5.97 Å². The van der Waals surface area contributed by atoms with Gasteiger partial charge >= 0.3 is 5.97 Å². The van der Waals surface area contributed by atoms with Gasteiger partial charge in [-0.05, 0) is 16.7 Å². The van der Waals surface area contributed by atoms with E-state index in [0.717, 1.165) is 5.56 Å². The van der Waals surface area contributed by atoms with Crippen molar-refractivity contribution in [2.45, 2.75) is 18.1 Å². The van der Waals surface area contributed by atoms with Gasteiger partial charge in [0.15, 0.2) is 5.54 Å². The molecular weight excluding hydrogens is 222 g/mol. The van der Waals surface area contributed by atoms with Crippen LogP contribution >= 0.6 is 0 Å². The van der Waals surface area contributed by atoms with Crippen LogP contribution in [0.25, 0.3) is 10.4 Å². The highest BCUT2D eigenvalue weighted by Crippen LogP contribution is 2.41. The van der Waals surface area contributed by atoms with Crippen molar-refractivity contribution in [3.63, 3.8) is 0 Å². The number of nitrogens with zero attached hydrogens (tertiary/aromatic N) is 3. The maximum Gasteiger partial charge on any atom is 0.325 e. The number of azide groups is 1. The number of benzene rings is 1. The third-order valence-electron chi connectivity index (χ3n) is 3.02. The number of hydrogen-bond donors (Lipinski definition) is 1. The van der Waals surface area contributed by atoms with Gasteiger partial charge in [-0.1, -0.05) is 29.4 Å². The van der Waals surface area contributed by atoms with Gasteiger partial charge in [0.05, 0.1) is 13.2 Å². The molecule has 17 heavy (non-hydrogen) atoms. The van der Waals surface area contributed by atoms with Crippen molar-refractivity contribution in [3.8, 4) is 0 Å². The molecule has 0 radical (unpaired) electrons. The molecule has 2 atom stereocenters. The van der Waals surface area contributed by atoms with Crippen LogP contribution in [0.5, 0.6) is 0 Å². The van der Waals surface area contributed by atoms with E-state index >= 15 is 0 Å². The number of ether oxygens (including phenoxy) is 1. The number of fused-ring (bicyclic) bond motifs is 1. The van der Waals surface area contributed by atoms with Gasteiger partial charge in [0.2, 0.25) is 0 Å². The molecule has 0 spiro atoms. The molecule has 6 nitrogen and oxygen atoms in total. The second kappa shape index (κ2) is 4.08. The zero-order valence-electron chi connectivity index (χ0n) is 9.20. The lowest BCUT2D eigenvalue weighted by molar-refractivity contribution is -0.151. The molecule has 1 N–H and O–H groups in total. The summed E-state index contributed by atoms with van der Waals surface area (Å²) in [6, 6.07) is 6.98. The zero-order valence-corrected chi connectivity index (χ0v) is 9.20. The van der Waals surface area contributed by atoms with Crippen molar-refractivity contribution in [1.29, 1.82) is 0 Å². The fourth-order valence-corrected chi connectivity index (χ4v) is 2.24. The second-order valence-corrected chi connectivity index (χ2v) is 3.82. The molecule has 6 heteroatoms. The van der Waals surface area contributed by atoms with Crippen molar-refractivity contribution in [3.05, 3.63) is 45.8 Å². The molecule has 1 aliphatic carbocycles. The Morgan fingerprint density at radius 1 is 1.65 bits per heavy atom. The molecule has 1 aromatic carbocycles. The highest BCUT2D eigenvalue weighted by Gasteiger charge is 2.53. The van der Waals surface area contributed by atoms with E-state index in [1.54, 1.807) is 24.3 Å². The monoisotopic (exact) mass is 233 g/mol. The summed E-state index contributed by atoms with van der Waals surface area (Å²) in [5, 5.41) is 13.5. The number of methoxy groups -OCH3 is 1. The third-order valence-corrected chi connectivity index (χ3v) is 3.02. The summed E-state index contributed by atoms with van der Waals surface area (Å²) >= 11 is 0. The molecule has 1 aliphatic rings. The topological polar surface area (TPSA) is 95.3 Å². The third kappa shape index (κ3) is 1.46. The molecule has 0 aromatic heterocycles. The van der Waals surface area contributed by atoms with Gasteiger partial charge in [0, 0.05) is 11.3 Å². The van der Waals surface area contributed by atoms with Gasteiger partial charge in [0.25, 0.3) is 0 Å². The molecule has 0 bridgehead atoms. The first-order valence-electron chi connectivity index (χ1n) is 5.08. The standard InChI is InChI=1S/C11H11N3O3/c1-17-10(16)11(13-14-12)8-5-3-2-4-7(8)6-9(11)15/h2-5,9,15H,6H2,1H3. The van der Waals surface area contributed by atoms with E-state index in [9.17, 15) is 9.90 Å². The van der Waals surface area contributed by atoms with Crippen LogP contribution in [0.1, 0.15) is 11.1 Å². The number of hydrogen-bond acceptors (Lipinski definition) is 4. The number of rotatable bonds is 2. The largest absolute Gasteiger partial charge is 0.468 e. The van der Waals surface area contributed by atoms with Crippen LogP contribution in [0.15, 0.2) is 29.4 Å². The lowest BCUT2D eigenvalue weighted by Crippen LogP contribution is -2.42. The molecule has 0 fully saturated rings. The summed E-state index contributed by atoms with van der Waals surface area (Å²) in [6.07, 6.45) is -0.826. The SMILES string of the molecule is COC(=O)C1(N=[N+]=[N-])c2ccccc2CC1O. The highest BCUT2D eigenvalue weighted by molar-refractivity contribution is 5.85. The smallest absolute Gasteiger partial charge is 0.325 e. The Morgan fingerprint density at radius 3 is 3.00 bits per heavy atom. The quantitative estimate of drug-likeness (QED) is 0.360. The van der Waals surface area contributed by atoms with Crippen LogP contribution in [0.4, 0.5) is 0 Å². The molecule has 2 rings (SSSR count). The van der Waals surface area contributed by atoms with Gasteiger partial charge in [-0.2, -0.15) is 0 Å². The zero-order chi connectivity index (χ0) is 12.5. The van der Waals surface area contributed by atoms with Gasteiger partial charge in [-0.3, -0.25) is 4.79 Å².